The van der Waals surface area contributed by atoms with Crippen molar-refractivity contribution in [1.29, 1.82) is 0 Å². The second-order valence-electron chi connectivity index (χ2n) is 3.96. The first-order chi connectivity index (χ1) is 9.29. The lowest BCUT2D eigenvalue weighted by Crippen LogP contribution is -2.01. The summed E-state index contributed by atoms with van der Waals surface area (Å²) in [5.41, 5.74) is 1.87. The van der Waals surface area contributed by atoms with Crippen molar-refractivity contribution in [2.24, 2.45) is 0 Å². The molecule has 5 heteroatoms. The van der Waals surface area contributed by atoms with Gasteiger partial charge < -0.3 is 4.74 Å². The van der Waals surface area contributed by atoms with Crippen LogP contribution in [0.25, 0.3) is 16.2 Å². The predicted octanol–water partition coefficient (Wildman–Crippen LogP) is 3.24. The Hall–Kier alpha value is -2.14. The molecule has 0 radical (unpaired) electrons. The SMILES string of the molecule is CCOC(=O)c1ccc(-c2cnc3ccccn23)s1. The molecule has 0 fully saturated rings. The second kappa shape index (κ2) is 4.85. The van der Waals surface area contributed by atoms with E-state index in [9.17, 15) is 4.79 Å². The number of esters is 1. The Labute approximate surface area is 114 Å². The van der Waals surface area contributed by atoms with Gasteiger partial charge in [0.1, 0.15) is 10.5 Å². The van der Waals surface area contributed by atoms with Crippen LogP contribution in [0.1, 0.15) is 16.6 Å². The molecule has 0 aliphatic heterocycles. The van der Waals surface area contributed by atoms with E-state index < -0.39 is 0 Å². The first kappa shape index (κ1) is 11.9. The molecule has 0 bridgehead atoms. The molecule has 0 saturated carbocycles. The number of fused-ring (bicyclic) bond motifs is 1. The highest BCUT2D eigenvalue weighted by Gasteiger charge is 2.13. The fraction of sp³-hybridized carbons (Fsp3) is 0.143. The van der Waals surface area contributed by atoms with Crippen molar-refractivity contribution < 1.29 is 9.53 Å². The van der Waals surface area contributed by atoms with Crippen LogP contribution < -0.4 is 0 Å². The molecule has 19 heavy (non-hydrogen) atoms. The summed E-state index contributed by atoms with van der Waals surface area (Å²) in [6.07, 6.45) is 3.78. The molecule has 0 saturated heterocycles. The van der Waals surface area contributed by atoms with Gasteiger partial charge in [0.15, 0.2) is 0 Å². The molecule has 0 amide bonds. The van der Waals surface area contributed by atoms with E-state index in [2.05, 4.69) is 4.98 Å². The number of imidazole rings is 1. The van der Waals surface area contributed by atoms with E-state index in [0.717, 1.165) is 16.2 Å². The molecule has 0 N–H and O–H groups in total. The van der Waals surface area contributed by atoms with E-state index in [0.29, 0.717) is 11.5 Å². The standard InChI is InChI=1S/C14H12N2O2S/c1-2-18-14(17)12-7-6-11(19-12)10-9-15-13-5-3-4-8-16(10)13/h3-9H,2H2,1H3. The number of aromatic nitrogens is 2. The summed E-state index contributed by atoms with van der Waals surface area (Å²) in [7, 11) is 0. The smallest absolute Gasteiger partial charge is 0.348 e. The van der Waals surface area contributed by atoms with Crippen LogP contribution in [0.3, 0.4) is 0 Å². The monoisotopic (exact) mass is 272 g/mol. The van der Waals surface area contributed by atoms with E-state index in [1.807, 2.05) is 41.1 Å². The van der Waals surface area contributed by atoms with Crippen LogP contribution in [0.5, 0.6) is 0 Å². The first-order valence-corrected chi connectivity index (χ1v) is 6.80. The first-order valence-electron chi connectivity index (χ1n) is 5.99. The van der Waals surface area contributed by atoms with Crippen molar-refractivity contribution in [2.45, 2.75) is 6.92 Å². The Balaban J connectivity index is 2.01. The number of thiophene rings is 1. The van der Waals surface area contributed by atoms with Gasteiger partial charge in [-0.25, -0.2) is 9.78 Å². The molecular weight excluding hydrogens is 260 g/mol. The minimum atomic E-state index is -0.271. The van der Waals surface area contributed by atoms with Crippen LogP contribution in [0.2, 0.25) is 0 Å². The third kappa shape index (κ3) is 2.13. The van der Waals surface area contributed by atoms with E-state index in [1.54, 1.807) is 13.0 Å². The summed E-state index contributed by atoms with van der Waals surface area (Å²) in [5, 5.41) is 0. The predicted molar refractivity (Wildman–Crippen MR) is 74.5 cm³/mol. The third-order valence-electron chi connectivity index (χ3n) is 2.75. The van der Waals surface area contributed by atoms with Crippen LogP contribution in [0.4, 0.5) is 0 Å². The Morgan fingerprint density at radius 2 is 2.26 bits per heavy atom. The summed E-state index contributed by atoms with van der Waals surface area (Å²) in [4.78, 5) is 17.6. The Kier molecular flexibility index (Phi) is 3.05. The average molecular weight is 272 g/mol. The van der Waals surface area contributed by atoms with Crippen molar-refractivity contribution in [2.75, 3.05) is 6.61 Å². The normalized spacial score (nSPS) is 10.8. The van der Waals surface area contributed by atoms with Crippen molar-refractivity contribution in [3.8, 4) is 10.6 Å². The lowest BCUT2D eigenvalue weighted by atomic mass is 10.3. The molecule has 4 nitrogen and oxygen atoms in total. The largest absolute Gasteiger partial charge is 0.462 e. The van der Waals surface area contributed by atoms with Crippen LogP contribution in [0, 0.1) is 0 Å². The minimum Gasteiger partial charge on any atom is -0.462 e. The summed E-state index contributed by atoms with van der Waals surface area (Å²) < 4.78 is 7.00. The molecule has 3 aromatic rings. The molecule has 96 valence electrons. The van der Waals surface area contributed by atoms with Gasteiger partial charge in [0.25, 0.3) is 0 Å². The van der Waals surface area contributed by atoms with Gasteiger partial charge in [-0.2, -0.15) is 0 Å². The van der Waals surface area contributed by atoms with Gasteiger partial charge in [0.05, 0.1) is 23.4 Å². The lowest BCUT2D eigenvalue weighted by Gasteiger charge is -1.98. The van der Waals surface area contributed by atoms with Crippen LogP contribution in [-0.2, 0) is 4.74 Å². The van der Waals surface area contributed by atoms with Gasteiger partial charge in [0, 0.05) is 6.20 Å². The summed E-state index contributed by atoms with van der Waals surface area (Å²) >= 11 is 1.42. The summed E-state index contributed by atoms with van der Waals surface area (Å²) in [6, 6.07) is 9.57. The molecule has 3 heterocycles. The average Bonchev–Trinajstić information content (AvgIpc) is 3.05. The number of nitrogens with zero attached hydrogens (tertiary/aromatic N) is 2. The fourth-order valence-corrected chi connectivity index (χ4v) is 2.81. The maximum absolute atomic E-state index is 11.7. The van der Waals surface area contributed by atoms with Gasteiger partial charge in [-0.15, -0.1) is 11.3 Å². The van der Waals surface area contributed by atoms with E-state index in [1.165, 1.54) is 11.3 Å². The topological polar surface area (TPSA) is 43.6 Å². The fourth-order valence-electron chi connectivity index (χ4n) is 1.90. The Morgan fingerprint density at radius 1 is 1.37 bits per heavy atom. The maximum Gasteiger partial charge on any atom is 0.348 e. The molecule has 0 unspecified atom stereocenters. The molecule has 3 rings (SSSR count). The lowest BCUT2D eigenvalue weighted by molar-refractivity contribution is 0.0532. The number of ether oxygens (including phenoxy) is 1. The van der Waals surface area contributed by atoms with Gasteiger partial charge in [-0.1, -0.05) is 6.07 Å². The van der Waals surface area contributed by atoms with E-state index in [4.69, 9.17) is 4.74 Å². The number of carbonyl (C=O) groups is 1. The zero-order chi connectivity index (χ0) is 13.2. The zero-order valence-electron chi connectivity index (χ0n) is 10.4. The highest BCUT2D eigenvalue weighted by Crippen LogP contribution is 2.29. The second-order valence-corrected chi connectivity index (χ2v) is 5.04. The molecule has 0 atom stereocenters. The van der Waals surface area contributed by atoms with Crippen molar-refractivity contribution in [3.63, 3.8) is 0 Å². The molecule has 0 aliphatic carbocycles. The summed E-state index contributed by atoms with van der Waals surface area (Å²) in [6.45, 7) is 2.19. The quantitative estimate of drug-likeness (QED) is 0.687. The van der Waals surface area contributed by atoms with E-state index >= 15 is 0 Å². The highest BCUT2D eigenvalue weighted by atomic mass is 32.1. The van der Waals surface area contributed by atoms with Crippen LogP contribution >= 0.6 is 11.3 Å². The van der Waals surface area contributed by atoms with Gasteiger partial charge in [0.2, 0.25) is 0 Å². The number of carbonyl (C=O) groups excluding carboxylic acids is 1. The number of hydrogen-bond donors (Lipinski definition) is 0. The number of pyridine rings is 1. The highest BCUT2D eigenvalue weighted by molar-refractivity contribution is 7.17. The minimum absolute atomic E-state index is 0.271. The molecular formula is C14H12N2O2S. The molecule has 0 aliphatic rings. The molecule has 3 aromatic heterocycles. The molecule has 0 aromatic carbocycles. The third-order valence-corrected chi connectivity index (χ3v) is 3.84. The van der Waals surface area contributed by atoms with E-state index in [-0.39, 0.29) is 5.97 Å². The maximum atomic E-state index is 11.7. The van der Waals surface area contributed by atoms with Gasteiger partial charge in [-0.05, 0) is 31.2 Å². The van der Waals surface area contributed by atoms with Crippen molar-refractivity contribution in [1.82, 2.24) is 9.38 Å². The number of hydrogen-bond acceptors (Lipinski definition) is 4. The van der Waals surface area contributed by atoms with Crippen LogP contribution in [-0.4, -0.2) is 22.0 Å². The Morgan fingerprint density at radius 3 is 3.11 bits per heavy atom. The molecule has 0 spiro atoms. The zero-order valence-corrected chi connectivity index (χ0v) is 11.2. The van der Waals surface area contributed by atoms with Crippen molar-refractivity contribution in [3.05, 3.63) is 47.6 Å². The van der Waals surface area contributed by atoms with Gasteiger partial charge in [-0.3, -0.25) is 4.40 Å². The van der Waals surface area contributed by atoms with Gasteiger partial charge >= 0.3 is 5.97 Å². The van der Waals surface area contributed by atoms with Crippen LogP contribution in [0.15, 0.2) is 42.7 Å². The summed E-state index contributed by atoms with van der Waals surface area (Å²) in [5.74, 6) is -0.271. The van der Waals surface area contributed by atoms with Crippen molar-refractivity contribution >= 4 is 23.0 Å². The Bertz CT molecular complexity index is 730. The number of rotatable bonds is 3.